The van der Waals surface area contributed by atoms with E-state index >= 15 is 0 Å². The molecule has 0 bridgehead atoms. The molecule has 18 heavy (non-hydrogen) atoms. The van der Waals surface area contributed by atoms with Crippen LogP contribution in [0.1, 0.15) is 5.56 Å². The van der Waals surface area contributed by atoms with Crippen LogP contribution >= 0.6 is 11.8 Å². The molecule has 100 valence electrons. The zero-order chi connectivity index (χ0) is 13.8. The summed E-state index contributed by atoms with van der Waals surface area (Å²) in [7, 11) is 1.68. The van der Waals surface area contributed by atoms with Crippen LogP contribution in [0.3, 0.4) is 0 Å². The maximum atomic E-state index is 12.0. The summed E-state index contributed by atoms with van der Waals surface area (Å²) in [6.07, 6.45) is 0. The molecule has 3 nitrogen and oxygen atoms in total. The summed E-state index contributed by atoms with van der Waals surface area (Å²) in [6.45, 7) is 0.231. The molecule has 3 N–H and O–H groups in total. The standard InChI is InChI=1S/C11H14F3N3S/c1-17(6-7-18-11(12,13)14)9-5-3-2-4-8(9)10(15)16/h2-5H,6-7H2,1H3,(H3,15,16). The Labute approximate surface area is 108 Å². The van der Waals surface area contributed by atoms with Crippen LogP contribution < -0.4 is 10.6 Å². The highest BCUT2D eigenvalue weighted by Gasteiger charge is 2.27. The average molecular weight is 277 g/mol. The molecule has 1 aromatic rings. The highest BCUT2D eigenvalue weighted by Crippen LogP contribution is 2.30. The molecule has 0 spiro atoms. The molecule has 0 saturated heterocycles. The molecule has 1 rings (SSSR count). The summed E-state index contributed by atoms with van der Waals surface area (Å²) >= 11 is -0.0558. The largest absolute Gasteiger partial charge is 0.441 e. The van der Waals surface area contributed by atoms with E-state index < -0.39 is 5.51 Å². The Morgan fingerprint density at radius 2 is 2.00 bits per heavy atom. The molecule has 0 unspecified atom stereocenters. The van der Waals surface area contributed by atoms with Gasteiger partial charge in [0.25, 0.3) is 0 Å². The van der Waals surface area contributed by atoms with Gasteiger partial charge in [0.1, 0.15) is 5.84 Å². The summed E-state index contributed by atoms with van der Waals surface area (Å²) in [4.78, 5) is 1.66. The molecule has 0 fully saturated rings. The third-order valence-corrected chi connectivity index (χ3v) is 3.01. The van der Waals surface area contributed by atoms with Crippen molar-refractivity contribution in [1.29, 1.82) is 5.41 Å². The normalized spacial score (nSPS) is 11.3. The lowest BCUT2D eigenvalue weighted by atomic mass is 10.1. The van der Waals surface area contributed by atoms with Gasteiger partial charge in [-0.3, -0.25) is 5.41 Å². The van der Waals surface area contributed by atoms with Gasteiger partial charge in [0.2, 0.25) is 0 Å². The zero-order valence-corrected chi connectivity index (χ0v) is 10.6. The summed E-state index contributed by atoms with van der Waals surface area (Å²) in [5.41, 5.74) is 2.40. The molecule has 0 radical (unpaired) electrons. The number of nitrogens with zero attached hydrogens (tertiary/aromatic N) is 1. The SMILES string of the molecule is CN(CCSC(F)(F)F)c1ccccc1C(=N)N. The van der Waals surface area contributed by atoms with E-state index in [1.807, 2.05) is 0 Å². The smallest absolute Gasteiger partial charge is 0.384 e. The molecule has 0 amide bonds. The Morgan fingerprint density at radius 1 is 1.39 bits per heavy atom. The Hall–Kier alpha value is -1.37. The quantitative estimate of drug-likeness (QED) is 0.642. The number of amidine groups is 1. The van der Waals surface area contributed by atoms with E-state index in [1.54, 1.807) is 36.2 Å². The van der Waals surface area contributed by atoms with Crippen molar-refractivity contribution in [3.05, 3.63) is 29.8 Å². The maximum Gasteiger partial charge on any atom is 0.441 e. The number of anilines is 1. The van der Waals surface area contributed by atoms with Crippen LogP contribution in [0.4, 0.5) is 18.9 Å². The van der Waals surface area contributed by atoms with E-state index in [1.165, 1.54) is 0 Å². The molecular formula is C11H14F3N3S. The summed E-state index contributed by atoms with van der Waals surface area (Å²) < 4.78 is 36.0. The number of hydrogen-bond donors (Lipinski definition) is 2. The second-order valence-corrected chi connectivity index (χ2v) is 4.81. The minimum Gasteiger partial charge on any atom is -0.384 e. The molecule has 0 aliphatic heterocycles. The average Bonchev–Trinajstić information content (AvgIpc) is 2.27. The van der Waals surface area contributed by atoms with Gasteiger partial charge in [-0.1, -0.05) is 12.1 Å². The first-order valence-corrected chi connectivity index (χ1v) is 6.15. The Balaban J connectivity index is 2.67. The fourth-order valence-corrected chi connectivity index (χ4v) is 2.05. The second-order valence-electron chi connectivity index (χ2n) is 3.65. The van der Waals surface area contributed by atoms with Gasteiger partial charge in [0, 0.05) is 30.6 Å². The Bertz CT molecular complexity index is 420. The number of nitrogens with one attached hydrogen (secondary N) is 1. The van der Waals surface area contributed by atoms with Gasteiger partial charge in [-0.15, -0.1) is 0 Å². The number of nitrogens with two attached hydrogens (primary N) is 1. The van der Waals surface area contributed by atoms with E-state index in [9.17, 15) is 13.2 Å². The Kier molecular flexibility index (Phi) is 4.89. The lowest BCUT2D eigenvalue weighted by Gasteiger charge is -2.22. The number of hydrogen-bond acceptors (Lipinski definition) is 3. The molecule has 0 aromatic heterocycles. The van der Waals surface area contributed by atoms with Crippen molar-refractivity contribution in [3.8, 4) is 0 Å². The molecule has 0 aliphatic rings. The van der Waals surface area contributed by atoms with Crippen LogP contribution in [-0.2, 0) is 0 Å². The zero-order valence-electron chi connectivity index (χ0n) is 9.79. The van der Waals surface area contributed by atoms with E-state index in [-0.39, 0.29) is 29.9 Å². The summed E-state index contributed by atoms with van der Waals surface area (Å²) in [5.74, 6) is -0.160. The van der Waals surface area contributed by atoms with E-state index in [2.05, 4.69) is 0 Å². The lowest BCUT2D eigenvalue weighted by molar-refractivity contribution is -0.0327. The van der Waals surface area contributed by atoms with Crippen molar-refractivity contribution < 1.29 is 13.2 Å². The van der Waals surface area contributed by atoms with Crippen molar-refractivity contribution in [2.75, 3.05) is 24.2 Å². The van der Waals surface area contributed by atoms with Gasteiger partial charge in [-0.2, -0.15) is 13.2 Å². The van der Waals surface area contributed by atoms with Crippen LogP contribution in [0, 0.1) is 5.41 Å². The predicted octanol–water partition coefficient (Wildman–Crippen LogP) is 2.66. The van der Waals surface area contributed by atoms with Gasteiger partial charge in [0.05, 0.1) is 0 Å². The number of benzene rings is 1. The third kappa shape index (κ3) is 4.48. The van der Waals surface area contributed by atoms with Crippen molar-refractivity contribution in [1.82, 2.24) is 0 Å². The van der Waals surface area contributed by atoms with Crippen molar-refractivity contribution in [3.63, 3.8) is 0 Å². The minimum absolute atomic E-state index is 0.0558. The Morgan fingerprint density at radius 3 is 2.56 bits per heavy atom. The topological polar surface area (TPSA) is 53.1 Å². The first-order valence-electron chi connectivity index (χ1n) is 5.16. The third-order valence-electron chi connectivity index (χ3n) is 2.30. The van der Waals surface area contributed by atoms with Gasteiger partial charge >= 0.3 is 5.51 Å². The number of halogens is 3. The summed E-state index contributed by atoms with van der Waals surface area (Å²) in [6, 6.07) is 6.90. The van der Waals surface area contributed by atoms with Crippen molar-refractivity contribution in [2.24, 2.45) is 5.73 Å². The van der Waals surface area contributed by atoms with Crippen molar-refractivity contribution in [2.45, 2.75) is 5.51 Å². The molecule has 0 saturated carbocycles. The molecule has 0 aliphatic carbocycles. The first kappa shape index (κ1) is 14.7. The molecule has 1 aromatic carbocycles. The number of thioether (sulfide) groups is 1. The highest BCUT2D eigenvalue weighted by atomic mass is 32.2. The van der Waals surface area contributed by atoms with Crippen LogP contribution in [0.15, 0.2) is 24.3 Å². The molecular weight excluding hydrogens is 263 g/mol. The van der Waals surface area contributed by atoms with Gasteiger partial charge in [0.15, 0.2) is 0 Å². The van der Waals surface area contributed by atoms with Crippen molar-refractivity contribution >= 4 is 23.3 Å². The summed E-state index contributed by atoms with van der Waals surface area (Å²) in [5, 5.41) is 7.41. The highest BCUT2D eigenvalue weighted by molar-refractivity contribution is 8.00. The number of rotatable bonds is 5. The van der Waals surface area contributed by atoms with Gasteiger partial charge in [-0.05, 0) is 23.9 Å². The number of alkyl halides is 3. The number of para-hydroxylation sites is 1. The molecule has 0 heterocycles. The molecule has 7 heteroatoms. The van der Waals surface area contributed by atoms with Gasteiger partial charge in [-0.25, -0.2) is 0 Å². The van der Waals surface area contributed by atoms with Crippen LogP contribution in [-0.4, -0.2) is 30.7 Å². The predicted molar refractivity (Wildman–Crippen MR) is 69.2 cm³/mol. The van der Waals surface area contributed by atoms with E-state index in [4.69, 9.17) is 11.1 Å². The first-order chi connectivity index (χ1) is 8.31. The fourth-order valence-electron chi connectivity index (χ4n) is 1.45. The second kappa shape index (κ2) is 5.99. The number of nitrogen functional groups attached to an aromatic ring is 1. The van der Waals surface area contributed by atoms with Crippen LogP contribution in [0.5, 0.6) is 0 Å². The van der Waals surface area contributed by atoms with Gasteiger partial charge < -0.3 is 10.6 Å². The monoisotopic (exact) mass is 277 g/mol. The van der Waals surface area contributed by atoms with E-state index in [0.29, 0.717) is 11.3 Å². The lowest BCUT2D eigenvalue weighted by Crippen LogP contribution is -2.25. The van der Waals surface area contributed by atoms with Crippen LogP contribution in [0.25, 0.3) is 0 Å². The van der Waals surface area contributed by atoms with Crippen LogP contribution in [0.2, 0.25) is 0 Å². The maximum absolute atomic E-state index is 12.0. The minimum atomic E-state index is -4.21. The molecule has 0 atom stereocenters. The van der Waals surface area contributed by atoms with E-state index in [0.717, 1.165) is 0 Å². The fraction of sp³-hybridized carbons (Fsp3) is 0.364.